The molecule has 1 heterocycles. The van der Waals surface area contributed by atoms with E-state index in [0.717, 1.165) is 41.0 Å². The molecule has 0 fully saturated rings. The van der Waals surface area contributed by atoms with Gasteiger partial charge in [0, 0.05) is 5.92 Å². The molecule has 44 heavy (non-hydrogen) atoms. The summed E-state index contributed by atoms with van der Waals surface area (Å²) in [5.74, 6) is 2.82. The molecule has 0 radical (unpaired) electrons. The molecule has 0 aliphatic carbocycles. The van der Waals surface area contributed by atoms with Gasteiger partial charge >= 0.3 is 0 Å². The highest BCUT2D eigenvalue weighted by molar-refractivity contribution is 6.37. The monoisotopic (exact) mass is 634 g/mol. The normalized spacial score (nSPS) is 12.8. The third kappa shape index (κ3) is 7.48. The van der Waals surface area contributed by atoms with Crippen LogP contribution in [0.25, 0.3) is 17.2 Å². The number of benzene rings is 4. The van der Waals surface area contributed by atoms with E-state index in [1.54, 1.807) is 6.08 Å². The van der Waals surface area contributed by atoms with E-state index in [1.807, 2.05) is 43.3 Å². The van der Waals surface area contributed by atoms with Crippen LogP contribution in [0.2, 0.25) is 10.0 Å². The number of fused-ring (bicyclic) bond motifs is 1. The van der Waals surface area contributed by atoms with Gasteiger partial charge in [-0.1, -0.05) is 53.5 Å². The van der Waals surface area contributed by atoms with E-state index in [1.165, 1.54) is 23.0 Å². The first-order valence-corrected chi connectivity index (χ1v) is 15.0. The summed E-state index contributed by atoms with van der Waals surface area (Å²) in [6.45, 7) is 6.04. The first-order chi connectivity index (χ1) is 21.4. The number of carbonyl (C=O) groups excluding carboxylic acids is 1. The van der Waals surface area contributed by atoms with Crippen molar-refractivity contribution in [2.24, 2.45) is 0 Å². The molecule has 1 aliphatic rings. The number of hydrogen-bond donors (Lipinski definition) is 1. The van der Waals surface area contributed by atoms with Crippen molar-refractivity contribution in [2.45, 2.75) is 26.2 Å². The smallest absolute Gasteiger partial charge is 0.297 e. The van der Waals surface area contributed by atoms with Gasteiger partial charge in [-0.25, -0.2) is 0 Å². The van der Waals surface area contributed by atoms with Gasteiger partial charge in [-0.05, 0) is 102 Å². The van der Waals surface area contributed by atoms with Gasteiger partial charge in [-0.15, -0.1) is 0 Å². The minimum absolute atomic E-state index is 0.177. The Bertz CT molecular complexity index is 1630. The number of hydrogen-bond acceptors (Lipinski definition) is 6. The van der Waals surface area contributed by atoms with Gasteiger partial charge in [0.1, 0.15) is 19.0 Å². The molecule has 1 atom stereocenters. The molecule has 0 bridgehead atoms. The molecule has 0 saturated heterocycles. The molecule has 9 heteroatoms. The average Bonchev–Trinajstić information content (AvgIpc) is 3.47. The largest absolute Gasteiger partial charge is 0.490 e. The van der Waals surface area contributed by atoms with E-state index in [0.29, 0.717) is 47.0 Å². The molecule has 5 rings (SSSR count). The predicted octanol–water partition coefficient (Wildman–Crippen LogP) is 7.18. The van der Waals surface area contributed by atoms with Gasteiger partial charge in [0.15, 0.2) is 17.2 Å². The van der Waals surface area contributed by atoms with E-state index >= 15 is 0 Å². The van der Waals surface area contributed by atoms with Gasteiger partial charge in [-0.3, -0.25) is 4.79 Å². The summed E-state index contributed by atoms with van der Waals surface area (Å²) in [6, 6.07) is 22.1. The molecule has 1 aliphatic heterocycles. The molecule has 0 aromatic heterocycles. The van der Waals surface area contributed by atoms with Crippen LogP contribution in [0, 0.1) is 13.8 Å². The highest BCUT2D eigenvalue weighted by atomic mass is 35.5. The van der Waals surface area contributed by atoms with E-state index in [4.69, 9.17) is 46.9 Å². The number of quaternary nitrogens is 1. The van der Waals surface area contributed by atoms with Crippen LogP contribution in [0.4, 0.5) is 0 Å². The Labute approximate surface area is 267 Å². The van der Waals surface area contributed by atoms with Crippen LogP contribution < -0.4 is 24.7 Å². The number of halogens is 2. The molecule has 228 valence electrons. The zero-order chi connectivity index (χ0) is 31.1. The number of aryl methyl sites for hydroxylation is 2. The van der Waals surface area contributed by atoms with Gasteiger partial charge in [0.05, 0.1) is 22.9 Å². The molecular weight excluding hydrogens is 601 g/mol. The van der Waals surface area contributed by atoms with E-state index < -0.39 is 0 Å². The molecule has 3 N–H and O–H groups in total. The van der Waals surface area contributed by atoms with E-state index in [9.17, 15) is 4.79 Å². The lowest BCUT2D eigenvalue weighted by molar-refractivity contribution is -0.372. The van der Waals surface area contributed by atoms with Crippen molar-refractivity contribution in [3.8, 4) is 34.1 Å². The van der Waals surface area contributed by atoms with Crippen molar-refractivity contribution < 1.29 is 34.2 Å². The first-order valence-electron chi connectivity index (χ1n) is 14.3. The van der Waals surface area contributed by atoms with Crippen molar-refractivity contribution in [2.75, 3.05) is 26.6 Å². The molecule has 0 spiro atoms. The second-order valence-electron chi connectivity index (χ2n) is 10.5. The zero-order valence-corrected chi connectivity index (χ0v) is 26.1. The van der Waals surface area contributed by atoms with Crippen LogP contribution in [0.3, 0.4) is 0 Å². The Morgan fingerprint density at radius 3 is 2.30 bits per heavy atom. The Kier molecular flexibility index (Phi) is 10.3. The van der Waals surface area contributed by atoms with Crippen LogP contribution in [-0.4, -0.2) is 33.0 Å². The SMILES string of the molecule is Cc1cc(Cl)c(OCCOc2ccc(CC(C[NH3+])c3ccc(-c4cc5c(cc4/C=C/OC=O)OCO5)cc3C)cc2)c(Cl)c1. The summed E-state index contributed by atoms with van der Waals surface area (Å²) in [7, 11) is 0. The second-order valence-corrected chi connectivity index (χ2v) is 11.3. The molecule has 7 nitrogen and oxygen atoms in total. The lowest BCUT2D eigenvalue weighted by Crippen LogP contribution is -2.53. The minimum Gasteiger partial charge on any atom is -0.490 e. The summed E-state index contributed by atoms with van der Waals surface area (Å²) < 4.78 is 27.6. The van der Waals surface area contributed by atoms with Gasteiger partial charge in [0.2, 0.25) is 6.79 Å². The highest BCUT2D eigenvalue weighted by Crippen LogP contribution is 2.40. The third-order valence-corrected chi connectivity index (χ3v) is 8.00. The maximum Gasteiger partial charge on any atom is 0.297 e. The predicted molar refractivity (Wildman–Crippen MR) is 172 cm³/mol. The highest BCUT2D eigenvalue weighted by Gasteiger charge is 2.20. The summed E-state index contributed by atoms with van der Waals surface area (Å²) in [6.07, 6.45) is 3.94. The van der Waals surface area contributed by atoms with Crippen molar-refractivity contribution in [3.05, 3.63) is 111 Å². The van der Waals surface area contributed by atoms with Crippen molar-refractivity contribution in [1.82, 2.24) is 0 Å². The third-order valence-electron chi connectivity index (χ3n) is 7.44. The fraction of sp³-hybridized carbons (Fsp3) is 0.229. The fourth-order valence-corrected chi connectivity index (χ4v) is 6.00. The molecule has 0 amide bonds. The van der Waals surface area contributed by atoms with Crippen LogP contribution in [0.5, 0.6) is 23.0 Å². The summed E-state index contributed by atoms with van der Waals surface area (Å²) in [5.41, 5.74) is 11.7. The quantitative estimate of drug-likeness (QED) is 0.0952. The fourth-order valence-electron chi connectivity index (χ4n) is 5.29. The summed E-state index contributed by atoms with van der Waals surface area (Å²) in [4.78, 5) is 10.6. The minimum atomic E-state index is 0.177. The Hall–Kier alpha value is -4.17. The second kappa shape index (κ2) is 14.5. The van der Waals surface area contributed by atoms with Gasteiger partial charge < -0.3 is 29.4 Å². The standard InChI is InChI=1S/C35H33Cl2NO6/c1-22-13-31(36)35(32(37)14-22)42-12-11-41-28-6-3-24(4-7-28)16-27(19-38)29-8-5-25(15-23(29)2)30-18-34-33(43-21-44-34)17-26(30)9-10-40-20-39/h3-10,13-15,17-18,20,27H,11-12,16,19,21,38H2,1-2H3/p+1/b10-9+. The van der Waals surface area contributed by atoms with Crippen LogP contribution >= 0.6 is 23.2 Å². The van der Waals surface area contributed by atoms with Gasteiger partial charge in [0.25, 0.3) is 6.47 Å². The van der Waals surface area contributed by atoms with Gasteiger partial charge in [-0.2, -0.15) is 0 Å². The number of carbonyl (C=O) groups is 1. The first kappa shape index (κ1) is 31.3. The van der Waals surface area contributed by atoms with Crippen LogP contribution in [0.15, 0.2) is 73.0 Å². The molecular formula is C35H34Cl2NO6+. The molecule has 4 aromatic carbocycles. The van der Waals surface area contributed by atoms with Crippen LogP contribution in [-0.2, 0) is 16.0 Å². The average molecular weight is 636 g/mol. The zero-order valence-electron chi connectivity index (χ0n) is 24.6. The maximum absolute atomic E-state index is 10.6. The Morgan fingerprint density at radius 1 is 0.909 bits per heavy atom. The summed E-state index contributed by atoms with van der Waals surface area (Å²) in [5, 5.41) is 0.973. The van der Waals surface area contributed by atoms with Crippen molar-refractivity contribution in [3.63, 3.8) is 0 Å². The molecule has 4 aromatic rings. The van der Waals surface area contributed by atoms with Crippen molar-refractivity contribution >= 4 is 35.8 Å². The maximum atomic E-state index is 10.6. The number of rotatable bonds is 13. The topological polar surface area (TPSA) is 90.9 Å². The summed E-state index contributed by atoms with van der Waals surface area (Å²) >= 11 is 12.5. The van der Waals surface area contributed by atoms with E-state index in [2.05, 4.69) is 43.0 Å². The molecule has 1 unspecified atom stereocenters. The molecule has 0 saturated carbocycles. The Balaban J connectivity index is 1.23. The lowest BCUT2D eigenvalue weighted by Gasteiger charge is -2.18. The van der Waals surface area contributed by atoms with Crippen molar-refractivity contribution in [1.29, 1.82) is 0 Å². The van der Waals surface area contributed by atoms with Crippen LogP contribution in [0.1, 0.15) is 33.7 Å². The Morgan fingerprint density at radius 2 is 1.61 bits per heavy atom. The van der Waals surface area contributed by atoms with E-state index in [-0.39, 0.29) is 12.7 Å². The lowest BCUT2D eigenvalue weighted by atomic mass is 9.87. The number of ether oxygens (including phenoxy) is 5.